The van der Waals surface area contributed by atoms with Gasteiger partial charge in [0, 0.05) is 32.4 Å². The van der Waals surface area contributed by atoms with Crippen LogP contribution in [0.2, 0.25) is 0 Å². The van der Waals surface area contributed by atoms with Crippen LogP contribution in [0.4, 0.5) is 0 Å². The van der Waals surface area contributed by atoms with Crippen LogP contribution in [0.3, 0.4) is 0 Å². The van der Waals surface area contributed by atoms with E-state index < -0.39 is 16.7 Å². The standard InChI is InChI=1S/C20H19NO4S2/c1-9-17(21-20(26-9)10-3-5-11(6-4-10)27(2)24)16-18(22)14-12-7-8-13(25-12)15(14)19(16)23/h3-6,12-16H,7-8H2,1-2H3/t12-,13+,14+,15-,16?,27?. The number of Topliss-reactive ketones (excluding diaryl/α,β-unsaturated/α-hetero) is 2. The fourth-order valence-electron chi connectivity index (χ4n) is 4.78. The van der Waals surface area contributed by atoms with Crippen molar-refractivity contribution in [3.8, 4) is 10.6 Å². The van der Waals surface area contributed by atoms with Crippen molar-refractivity contribution in [1.29, 1.82) is 0 Å². The van der Waals surface area contributed by atoms with Crippen molar-refractivity contribution in [1.82, 2.24) is 4.98 Å². The summed E-state index contributed by atoms with van der Waals surface area (Å²) < 4.78 is 17.4. The first-order valence-electron chi connectivity index (χ1n) is 9.10. The number of carbonyl (C=O) groups is 2. The molecule has 2 aromatic rings. The predicted molar refractivity (Wildman–Crippen MR) is 102 cm³/mol. The molecule has 2 bridgehead atoms. The van der Waals surface area contributed by atoms with Crippen LogP contribution in [0.1, 0.15) is 29.3 Å². The van der Waals surface area contributed by atoms with Gasteiger partial charge in [0.15, 0.2) is 11.6 Å². The lowest BCUT2D eigenvalue weighted by Crippen LogP contribution is -2.29. The van der Waals surface area contributed by atoms with E-state index in [9.17, 15) is 13.8 Å². The van der Waals surface area contributed by atoms with E-state index in [0.29, 0.717) is 5.69 Å². The normalized spacial score (nSPS) is 32.9. The van der Waals surface area contributed by atoms with Crippen LogP contribution in [0.15, 0.2) is 29.2 Å². The van der Waals surface area contributed by atoms with Gasteiger partial charge < -0.3 is 4.74 Å². The van der Waals surface area contributed by atoms with Crippen LogP contribution in [-0.4, -0.2) is 39.2 Å². The van der Waals surface area contributed by atoms with Crippen LogP contribution in [0.25, 0.3) is 10.6 Å². The number of fused-ring (bicyclic) bond motifs is 5. The minimum absolute atomic E-state index is 0.00567. The average Bonchev–Trinajstić information content (AvgIpc) is 3.40. The summed E-state index contributed by atoms with van der Waals surface area (Å²) in [5.41, 5.74) is 1.52. The monoisotopic (exact) mass is 401 g/mol. The van der Waals surface area contributed by atoms with Crippen molar-refractivity contribution in [2.24, 2.45) is 11.8 Å². The van der Waals surface area contributed by atoms with Crippen LogP contribution in [-0.2, 0) is 25.1 Å². The first-order chi connectivity index (χ1) is 13.0. The average molecular weight is 402 g/mol. The first kappa shape index (κ1) is 17.4. The molecule has 1 aromatic carbocycles. The third-order valence-electron chi connectivity index (χ3n) is 6.04. The molecule has 3 fully saturated rings. The Morgan fingerprint density at radius 3 is 2.22 bits per heavy atom. The van der Waals surface area contributed by atoms with E-state index in [2.05, 4.69) is 0 Å². The van der Waals surface area contributed by atoms with Gasteiger partial charge in [-0.3, -0.25) is 13.8 Å². The second-order valence-corrected chi connectivity index (χ2v) is 10.1. The van der Waals surface area contributed by atoms with Gasteiger partial charge in [-0.2, -0.15) is 0 Å². The van der Waals surface area contributed by atoms with E-state index in [1.165, 1.54) is 11.3 Å². The van der Waals surface area contributed by atoms with E-state index in [-0.39, 0.29) is 35.6 Å². The zero-order chi connectivity index (χ0) is 18.9. The summed E-state index contributed by atoms with van der Waals surface area (Å²) in [7, 11) is -1.03. The molecule has 1 aromatic heterocycles. The van der Waals surface area contributed by atoms with Gasteiger partial charge in [-0.25, -0.2) is 4.98 Å². The van der Waals surface area contributed by atoms with Gasteiger partial charge in [-0.1, -0.05) is 12.1 Å². The largest absolute Gasteiger partial charge is 0.373 e. The van der Waals surface area contributed by atoms with Crippen molar-refractivity contribution in [3.63, 3.8) is 0 Å². The number of hydrogen-bond donors (Lipinski definition) is 0. The number of rotatable bonds is 3. The maximum Gasteiger partial charge on any atom is 0.155 e. The maximum absolute atomic E-state index is 13.0. The molecule has 0 spiro atoms. The lowest BCUT2D eigenvalue weighted by Gasteiger charge is -2.16. The number of hydrogen-bond acceptors (Lipinski definition) is 6. The molecule has 140 valence electrons. The number of thiazole rings is 1. The fraction of sp³-hybridized carbons (Fsp3) is 0.450. The van der Waals surface area contributed by atoms with Crippen molar-refractivity contribution >= 4 is 33.7 Å². The van der Waals surface area contributed by atoms with E-state index in [0.717, 1.165) is 33.2 Å². The van der Waals surface area contributed by atoms with Crippen molar-refractivity contribution < 1.29 is 18.5 Å². The Labute approximate surface area is 163 Å². The summed E-state index contributed by atoms with van der Waals surface area (Å²) in [6, 6.07) is 7.43. The Hall–Kier alpha value is -1.70. The molecule has 1 aliphatic carbocycles. The highest BCUT2D eigenvalue weighted by Gasteiger charge is 2.63. The molecule has 0 N–H and O–H groups in total. The quantitative estimate of drug-likeness (QED) is 0.740. The van der Waals surface area contributed by atoms with Gasteiger partial charge in [0.05, 0.1) is 29.7 Å². The number of aryl methyl sites for hydroxylation is 1. The summed E-state index contributed by atoms with van der Waals surface area (Å²) in [6.45, 7) is 1.92. The number of benzene rings is 1. The Bertz CT molecular complexity index is 952. The SMILES string of the molecule is Cc1sc(-c2ccc(S(C)=O)cc2)nc1C1C(=O)[C@@H]2[C@H](C1=O)[C@@H]1CC[C@H]2O1. The van der Waals surface area contributed by atoms with E-state index in [1.807, 2.05) is 31.2 Å². The van der Waals surface area contributed by atoms with E-state index in [4.69, 9.17) is 9.72 Å². The van der Waals surface area contributed by atoms with Gasteiger partial charge in [0.2, 0.25) is 0 Å². The number of ketones is 2. The lowest BCUT2D eigenvalue weighted by atomic mass is 9.81. The van der Waals surface area contributed by atoms with E-state index in [1.54, 1.807) is 6.26 Å². The van der Waals surface area contributed by atoms with Gasteiger partial charge >= 0.3 is 0 Å². The molecule has 5 nitrogen and oxygen atoms in total. The fourth-order valence-corrected chi connectivity index (χ4v) is 6.26. The van der Waals surface area contributed by atoms with Crippen LogP contribution >= 0.6 is 11.3 Å². The second kappa shape index (κ2) is 6.15. The van der Waals surface area contributed by atoms with E-state index >= 15 is 0 Å². The Morgan fingerprint density at radius 1 is 1.07 bits per heavy atom. The van der Waals surface area contributed by atoms with Gasteiger partial charge in [-0.05, 0) is 31.9 Å². The topological polar surface area (TPSA) is 73.3 Å². The van der Waals surface area contributed by atoms with Crippen LogP contribution in [0, 0.1) is 18.8 Å². The molecule has 2 saturated heterocycles. The van der Waals surface area contributed by atoms with Gasteiger partial charge in [-0.15, -0.1) is 11.3 Å². The van der Waals surface area contributed by atoms with Crippen molar-refractivity contribution in [2.75, 3.05) is 6.26 Å². The first-order valence-corrected chi connectivity index (χ1v) is 11.5. The molecule has 2 unspecified atom stereocenters. The number of aromatic nitrogens is 1. The highest BCUT2D eigenvalue weighted by Crippen LogP contribution is 2.52. The molecule has 1 saturated carbocycles. The summed E-state index contributed by atoms with van der Waals surface area (Å²) in [5, 5.41) is 0.785. The molecule has 3 aliphatic rings. The predicted octanol–water partition coefficient (Wildman–Crippen LogP) is 2.88. The molecule has 6 atom stereocenters. The number of ether oxygens (including phenoxy) is 1. The number of carbonyl (C=O) groups excluding carboxylic acids is 2. The third kappa shape index (κ3) is 2.52. The molecule has 3 heterocycles. The molecular weight excluding hydrogens is 382 g/mol. The molecular formula is C20H19NO4S2. The summed E-state index contributed by atoms with van der Waals surface area (Å²) in [4.78, 5) is 32.4. The highest BCUT2D eigenvalue weighted by molar-refractivity contribution is 7.84. The molecule has 0 radical (unpaired) electrons. The Kier molecular flexibility index (Phi) is 3.97. The summed E-state index contributed by atoms with van der Waals surface area (Å²) in [6.07, 6.45) is 3.24. The van der Waals surface area contributed by atoms with Crippen LogP contribution < -0.4 is 0 Å². The lowest BCUT2D eigenvalue weighted by molar-refractivity contribution is -0.127. The smallest absolute Gasteiger partial charge is 0.155 e. The zero-order valence-corrected chi connectivity index (χ0v) is 16.6. The minimum Gasteiger partial charge on any atom is -0.373 e. The molecule has 5 rings (SSSR count). The number of nitrogens with zero attached hydrogens (tertiary/aromatic N) is 1. The van der Waals surface area contributed by atoms with Crippen LogP contribution in [0.5, 0.6) is 0 Å². The van der Waals surface area contributed by atoms with Crippen molar-refractivity contribution in [3.05, 3.63) is 34.8 Å². The molecule has 0 amide bonds. The molecule has 27 heavy (non-hydrogen) atoms. The second-order valence-electron chi connectivity index (χ2n) is 7.52. The highest BCUT2D eigenvalue weighted by atomic mass is 32.2. The Morgan fingerprint density at radius 2 is 1.67 bits per heavy atom. The van der Waals surface area contributed by atoms with Gasteiger partial charge in [0.25, 0.3) is 0 Å². The molecule has 7 heteroatoms. The third-order valence-corrected chi connectivity index (χ3v) is 8.01. The molecule has 2 aliphatic heterocycles. The Balaban J connectivity index is 1.49. The zero-order valence-electron chi connectivity index (χ0n) is 15.0. The maximum atomic E-state index is 13.0. The minimum atomic E-state index is -1.03. The summed E-state index contributed by atoms with van der Waals surface area (Å²) in [5.74, 6) is -1.29. The van der Waals surface area contributed by atoms with Crippen molar-refractivity contribution in [2.45, 2.75) is 42.8 Å². The summed E-state index contributed by atoms with van der Waals surface area (Å²) >= 11 is 1.50. The van der Waals surface area contributed by atoms with Gasteiger partial charge in [0.1, 0.15) is 10.9 Å².